The van der Waals surface area contributed by atoms with Crippen LogP contribution in [0.1, 0.15) is 10.4 Å². The zero-order valence-corrected chi connectivity index (χ0v) is 13.4. The van der Waals surface area contributed by atoms with Crippen LogP contribution in [0, 0.1) is 0 Å². The van der Waals surface area contributed by atoms with Crippen molar-refractivity contribution in [3.8, 4) is 5.75 Å². The molecule has 2 rings (SSSR count). The Morgan fingerprint density at radius 1 is 1.29 bits per heavy atom. The average molecular weight is 370 g/mol. The number of anilines is 1. The summed E-state index contributed by atoms with van der Waals surface area (Å²) < 4.78 is 6.32. The number of hydrogen-bond donors (Lipinski definition) is 2. The number of carbonyl (C=O) groups is 1. The summed E-state index contributed by atoms with van der Waals surface area (Å²) in [6.45, 7) is 0.726. The van der Waals surface area contributed by atoms with Crippen molar-refractivity contribution in [3.05, 3.63) is 57.5 Å². The van der Waals surface area contributed by atoms with Gasteiger partial charge in [0, 0.05) is 16.2 Å². The Morgan fingerprint density at radius 3 is 2.81 bits per heavy atom. The van der Waals surface area contributed by atoms with Crippen LogP contribution < -0.4 is 15.8 Å². The van der Waals surface area contributed by atoms with Crippen molar-refractivity contribution in [1.29, 1.82) is 0 Å². The number of nitrogens with two attached hydrogens (primary N) is 1. The molecule has 6 heteroatoms. The van der Waals surface area contributed by atoms with E-state index in [0.717, 1.165) is 4.47 Å². The zero-order chi connectivity index (χ0) is 15.2. The van der Waals surface area contributed by atoms with Gasteiger partial charge in [0.15, 0.2) is 0 Å². The van der Waals surface area contributed by atoms with Crippen molar-refractivity contribution >= 4 is 39.1 Å². The van der Waals surface area contributed by atoms with Gasteiger partial charge in [0.1, 0.15) is 12.4 Å². The Bertz CT molecular complexity index is 649. The number of amides is 1. The van der Waals surface area contributed by atoms with Crippen molar-refractivity contribution in [3.63, 3.8) is 0 Å². The van der Waals surface area contributed by atoms with Gasteiger partial charge in [0.2, 0.25) is 0 Å². The van der Waals surface area contributed by atoms with Crippen LogP contribution >= 0.6 is 27.5 Å². The molecule has 21 heavy (non-hydrogen) atoms. The SMILES string of the molecule is Nc1cccc(OCCNC(=O)c2ccc(Br)cc2Cl)c1. The molecule has 110 valence electrons. The highest BCUT2D eigenvalue weighted by molar-refractivity contribution is 9.10. The standard InChI is InChI=1S/C15H14BrClN2O2/c16-10-4-5-13(14(17)8-10)15(20)19-6-7-21-12-3-1-2-11(18)9-12/h1-5,8-9H,6-7,18H2,(H,19,20). The minimum absolute atomic E-state index is 0.233. The number of nitrogen functional groups attached to an aromatic ring is 1. The first-order valence-electron chi connectivity index (χ1n) is 6.28. The van der Waals surface area contributed by atoms with Crippen LogP contribution in [-0.4, -0.2) is 19.1 Å². The molecule has 0 aliphatic carbocycles. The maximum Gasteiger partial charge on any atom is 0.252 e. The smallest absolute Gasteiger partial charge is 0.252 e. The monoisotopic (exact) mass is 368 g/mol. The molecule has 2 aromatic carbocycles. The molecule has 0 atom stereocenters. The second-order valence-corrected chi connectivity index (χ2v) is 5.62. The van der Waals surface area contributed by atoms with Gasteiger partial charge in [-0.3, -0.25) is 4.79 Å². The van der Waals surface area contributed by atoms with Crippen LogP contribution in [0.15, 0.2) is 46.9 Å². The highest BCUT2D eigenvalue weighted by Crippen LogP contribution is 2.21. The molecule has 3 N–H and O–H groups in total. The maximum atomic E-state index is 12.0. The Hall–Kier alpha value is -1.72. The van der Waals surface area contributed by atoms with E-state index in [1.165, 1.54) is 0 Å². The highest BCUT2D eigenvalue weighted by atomic mass is 79.9. The lowest BCUT2D eigenvalue weighted by Crippen LogP contribution is -2.28. The molecule has 0 radical (unpaired) electrons. The van der Waals surface area contributed by atoms with Gasteiger partial charge >= 0.3 is 0 Å². The second kappa shape index (κ2) is 7.33. The Morgan fingerprint density at radius 2 is 2.10 bits per heavy atom. The predicted octanol–water partition coefficient (Wildman–Crippen LogP) is 3.49. The Balaban J connectivity index is 1.82. The summed E-state index contributed by atoms with van der Waals surface area (Å²) in [5.74, 6) is 0.439. The lowest BCUT2D eigenvalue weighted by molar-refractivity contribution is 0.0947. The molecule has 0 aromatic heterocycles. The van der Waals surface area contributed by atoms with Crippen LogP contribution in [0.3, 0.4) is 0 Å². The molecule has 1 amide bonds. The molecule has 0 aliphatic heterocycles. The number of benzene rings is 2. The van der Waals surface area contributed by atoms with Gasteiger partial charge in [-0.15, -0.1) is 0 Å². The second-order valence-electron chi connectivity index (χ2n) is 4.30. The van der Waals surface area contributed by atoms with Gasteiger partial charge in [-0.25, -0.2) is 0 Å². The maximum absolute atomic E-state index is 12.0. The van der Waals surface area contributed by atoms with E-state index >= 15 is 0 Å². The summed E-state index contributed by atoms with van der Waals surface area (Å²) in [6.07, 6.45) is 0. The molecule has 0 aliphatic rings. The summed E-state index contributed by atoms with van der Waals surface area (Å²) in [7, 11) is 0. The molecule has 0 heterocycles. The van der Waals surface area contributed by atoms with E-state index in [1.54, 1.807) is 30.3 Å². The molecule has 0 saturated heterocycles. The van der Waals surface area contributed by atoms with Crippen LogP contribution in [0.5, 0.6) is 5.75 Å². The fourth-order valence-corrected chi connectivity index (χ4v) is 2.47. The largest absolute Gasteiger partial charge is 0.492 e. The summed E-state index contributed by atoms with van der Waals surface area (Å²) in [6, 6.07) is 12.2. The zero-order valence-electron chi connectivity index (χ0n) is 11.1. The van der Waals surface area contributed by atoms with Crippen LogP contribution in [0.4, 0.5) is 5.69 Å². The van der Waals surface area contributed by atoms with Gasteiger partial charge < -0.3 is 15.8 Å². The molecule has 0 fully saturated rings. The van der Waals surface area contributed by atoms with E-state index < -0.39 is 0 Å². The van der Waals surface area contributed by atoms with Crippen molar-refractivity contribution in [2.45, 2.75) is 0 Å². The van der Waals surface area contributed by atoms with Gasteiger partial charge in [0.25, 0.3) is 5.91 Å². The third-order valence-electron chi connectivity index (χ3n) is 2.69. The molecule has 0 saturated carbocycles. The summed E-state index contributed by atoms with van der Waals surface area (Å²) in [4.78, 5) is 12.0. The number of halogens is 2. The molecule has 2 aromatic rings. The fourth-order valence-electron chi connectivity index (χ4n) is 1.71. The first-order valence-corrected chi connectivity index (χ1v) is 7.45. The third kappa shape index (κ3) is 4.65. The van der Waals surface area contributed by atoms with E-state index in [0.29, 0.717) is 35.2 Å². The van der Waals surface area contributed by atoms with Gasteiger partial charge in [-0.05, 0) is 30.3 Å². The molecule has 4 nitrogen and oxygen atoms in total. The first kappa shape index (κ1) is 15.7. The lowest BCUT2D eigenvalue weighted by atomic mass is 10.2. The number of ether oxygens (including phenoxy) is 1. The molecule has 0 bridgehead atoms. The fraction of sp³-hybridized carbons (Fsp3) is 0.133. The van der Waals surface area contributed by atoms with E-state index in [-0.39, 0.29) is 5.91 Å². The van der Waals surface area contributed by atoms with Crippen molar-refractivity contribution in [2.75, 3.05) is 18.9 Å². The Labute approximate surface area is 136 Å². The first-order chi connectivity index (χ1) is 10.1. The number of carbonyl (C=O) groups excluding carboxylic acids is 1. The predicted molar refractivity (Wildman–Crippen MR) is 87.8 cm³/mol. The van der Waals surface area contributed by atoms with E-state index in [4.69, 9.17) is 22.1 Å². The van der Waals surface area contributed by atoms with Crippen LogP contribution in [0.25, 0.3) is 0 Å². The Kier molecular flexibility index (Phi) is 5.47. The summed E-state index contributed by atoms with van der Waals surface area (Å²) in [5.41, 5.74) is 6.72. The normalized spacial score (nSPS) is 10.2. The van der Waals surface area contributed by atoms with Crippen molar-refractivity contribution in [2.24, 2.45) is 0 Å². The number of rotatable bonds is 5. The minimum Gasteiger partial charge on any atom is -0.492 e. The third-order valence-corrected chi connectivity index (χ3v) is 3.50. The average Bonchev–Trinajstić information content (AvgIpc) is 2.43. The number of nitrogens with one attached hydrogen (secondary N) is 1. The highest BCUT2D eigenvalue weighted by Gasteiger charge is 2.09. The van der Waals surface area contributed by atoms with Gasteiger partial charge in [-0.2, -0.15) is 0 Å². The van der Waals surface area contributed by atoms with Crippen LogP contribution in [-0.2, 0) is 0 Å². The molecule has 0 unspecified atom stereocenters. The topological polar surface area (TPSA) is 64.3 Å². The molecule has 0 spiro atoms. The van der Waals surface area contributed by atoms with Crippen molar-refractivity contribution < 1.29 is 9.53 Å². The minimum atomic E-state index is -0.233. The van der Waals surface area contributed by atoms with E-state index in [9.17, 15) is 4.79 Å². The van der Waals surface area contributed by atoms with Crippen molar-refractivity contribution in [1.82, 2.24) is 5.32 Å². The summed E-state index contributed by atoms with van der Waals surface area (Å²) in [5, 5.41) is 3.15. The van der Waals surface area contributed by atoms with Gasteiger partial charge in [-0.1, -0.05) is 33.6 Å². The van der Waals surface area contributed by atoms with E-state index in [1.807, 2.05) is 12.1 Å². The quantitative estimate of drug-likeness (QED) is 0.626. The molecular formula is C15H14BrClN2O2. The lowest BCUT2D eigenvalue weighted by Gasteiger charge is -2.09. The van der Waals surface area contributed by atoms with E-state index in [2.05, 4.69) is 21.2 Å². The number of hydrogen-bond acceptors (Lipinski definition) is 3. The van der Waals surface area contributed by atoms with Gasteiger partial charge in [0.05, 0.1) is 17.1 Å². The molecular weight excluding hydrogens is 356 g/mol. The summed E-state index contributed by atoms with van der Waals surface area (Å²) >= 11 is 9.31. The van der Waals surface area contributed by atoms with Crippen LogP contribution in [0.2, 0.25) is 5.02 Å².